The normalized spacial score (nSPS) is 12.2. The Bertz CT molecular complexity index is 1460. The Morgan fingerprint density at radius 1 is 0.500 bits per heavy atom. The van der Waals surface area contributed by atoms with E-state index in [1.54, 1.807) is 0 Å². The molecule has 6 aromatic rings. The van der Waals surface area contributed by atoms with Gasteiger partial charge in [0.1, 0.15) is 11.2 Å². The van der Waals surface area contributed by atoms with E-state index in [0.29, 0.717) is 0 Å². The van der Waals surface area contributed by atoms with E-state index in [4.69, 9.17) is 4.42 Å². The molecule has 0 amide bonds. The maximum Gasteiger partial charge on any atom is 0.136 e. The molecule has 2 nitrogen and oxygen atoms in total. The molecule has 0 fully saturated rings. The molecule has 152 valence electrons. The molecule has 0 bridgehead atoms. The highest BCUT2D eigenvalue weighted by Gasteiger charge is 2.16. The largest absolute Gasteiger partial charge is 0.456 e. The molecule has 0 saturated carbocycles. The van der Waals surface area contributed by atoms with Crippen molar-refractivity contribution in [3.05, 3.63) is 138 Å². The summed E-state index contributed by atoms with van der Waals surface area (Å²) in [5.74, 6) is 0.172. The van der Waals surface area contributed by atoms with Crippen LogP contribution in [0.2, 0.25) is 0 Å². The van der Waals surface area contributed by atoms with E-state index in [1.165, 1.54) is 22.3 Å². The van der Waals surface area contributed by atoms with Gasteiger partial charge in [-0.05, 0) is 58.1 Å². The third-order valence-corrected chi connectivity index (χ3v) is 6.13. The molecule has 0 N–H and O–H groups in total. The molecule has 2 heterocycles. The van der Waals surface area contributed by atoms with Gasteiger partial charge in [-0.1, -0.05) is 78.9 Å². The monoisotopic (exact) mass is 411 g/mol. The Labute approximate surface area is 186 Å². The van der Waals surface area contributed by atoms with Crippen LogP contribution in [-0.4, -0.2) is 4.98 Å². The smallest absolute Gasteiger partial charge is 0.136 e. The van der Waals surface area contributed by atoms with Crippen molar-refractivity contribution < 1.29 is 4.42 Å². The average molecular weight is 412 g/mol. The van der Waals surface area contributed by atoms with Gasteiger partial charge >= 0.3 is 0 Å². The Morgan fingerprint density at radius 2 is 1.12 bits per heavy atom. The van der Waals surface area contributed by atoms with Crippen LogP contribution in [0.3, 0.4) is 0 Å². The second-order valence-corrected chi connectivity index (χ2v) is 8.06. The maximum atomic E-state index is 6.09. The highest BCUT2D eigenvalue weighted by Crippen LogP contribution is 2.35. The lowest BCUT2D eigenvalue weighted by atomic mass is 9.85. The van der Waals surface area contributed by atoms with E-state index >= 15 is 0 Å². The summed E-state index contributed by atoms with van der Waals surface area (Å²) in [7, 11) is 0. The molecule has 0 aliphatic rings. The predicted molar refractivity (Wildman–Crippen MR) is 131 cm³/mol. The van der Waals surface area contributed by atoms with Gasteiger partial charge in [-0.3, -0.25) is 4.98 Å². The van der Waals surface area contributed by atoms with Crippen molar-refractivity contribution in [1.29, 1.82) is 0 Å². The van der Waals surface area contributed by atoms with Gasteiger partial charge in [0.15, 0.2) is 0 Å². The Balaban J connectivity index is 1.40. The SMILES string of the molecule is c1ccc(C(c2ccncc2)c2ccc(-c3ccc4c(c3)oc3ccccc34)cc2)cc1. The lowest BCUT2D eigenvalue weighted by Crippen LogP contribution is -2.03. The topological polar surface area (TPSA) is 26.0 Å². The molecular formula is C30H21NO. The number of nitrogens with zero attached hydrogens (tertiary/aromatic N) is 1. The fourth-order valence-electron chi connectivity index (χ4n) is 4.55. The molecule has 0 radical (unpaired) electrons. The average Bonchev–Trinajstić information content (AvgIpc) is 3.24. The molecular weight excluding hydrogens is 390 g/mol. The first-order valence-electron chi connectivity index (χ1n) is 10.8. The quantitative estimate of drug-likeness (QED) is 0.295. The van der Waals surface area contributed by atoms with Gasteiger partial charge < -0.3 is 4.42 Å². The second-order valence-electron chi connectivity index (χ2n) is 8.06. The second kappa shape index (κ2) is 7.82. The molecule has 1 unspecified atom stereocenters. The van der Waals surface area contributed by atoms with Crippen LogP contribution < -0.4 is 0 Å². The summed E-state index contributed by atoms with van der Waals surface area (Å²) < 4.78 is 6.09. The van der Waals surface area contributed by atoms with E-state index in [0.717, 1.165) is 27.5 Å². The number of benzene rings is 4. The Hall–Kier alpha value is -4.17. The van der Waals surface area contributed by atoms with Crippen molar-refractivity contribution >= 4 is 21.9 Å². The first kappa shape index (κ1) is 18.6. The van der Waals surface area contributed by atoms with Crippen LogP contribution in [0.1, 0.15) is 22.6 Å². The number of rotatable bonds is 4. The van der Waals surface area contributed by atoms with E-state index in [2.05, 4.69) is 102 Å². The van der Waals surface area contributed by atoms with Gasteiger partial charge in [0.05, 0.1) is 0 Å². The molecule has 32 heavy (non-hydrogen) atoms. The molecule has 2 aromatic heterocycles. The Morgan fingerprint density at radius 3 is 1.94 bits per heavy atom. The van der Waals surface area contributed by atoms with E-state index in [1.807, 2.05) is 24.5 Å². The number of furan rings is 1. The fourth-order valence-corrected chi connectivity index (χ4v) is 4.55. The van der Waals surface area contributed by atoms with E-state index < -0.39 is 0 Å². The first-order chi connectivity index (χ1) is 15.9. The van der Waals surface area contributed by atoms with Gasteiger partial charge in [-0.25, -0.2) is 0 Å². The van der Waals surface area contributed by atoms with E-state index in [-0.39, 0.29) is 5.92 Å². The fraction of sp³-hybridized carbons (Fsp3) is 0.0333. The van der Waals surface area contributed by atoms with E-state index in [9.17, 15) is 0 Å². The third kappa shape index (κ3) is 3.27. The number of fused-ring (bicyclic) bond motifs is 3. The first-order valence-corrected chi connectivity index (χ1v) is 10.8. The predicted octanol–water partition coefficient (Wildman–Crippen LogP) is 7.83. The van der Waals surface area contributed by atoms with Gasteiger partial charge in [0.25, 0.3) is 0 Å². The van der Waals surface area contributed by atoms with Crippen LogP contribution in [0.25, 0.3) is 33.1 Å². The Kier molecular flexibility index (Phi) is 4.54. The summed E-state index contributed by atoms with van der Waals surface area (Å²) in [4.78, 5) is 4.20. The molecule has 1 atom stereocenters. The summed E-state index contributed by atoms with van der Waals surface area (Å²) in [6.45, 7) is 0. The van der Waals surface area contributed by atoms with Crippen molar-refractivity contribution in [2.24, 2.45) is 0 Å². The van der Waals surface area contributed by atoms with Crippen molar-refractivity contribution in [2.45, 2.75) is 5.92 Å². The maximum absolute atomic E-state index is 6.09. The van der Waals surface area contributed by atoms with Crippen LogP contribution in [0.15, 0.2) is 126 Å². The molecule has 0 aliphatic heterocycles. The van der Waals surface area contributed by atoms with Crippen molar-refractivity contribution in [3.8, 4) is 11.1 Å². The highest BCUT2D eigenvalue weighted by molar-refractivity contribution is 6.05. The minimum Gasteiger partial charge on any atom is -0.456 e. The highest BCUT2D eigenvalue weighted by atomic mass is 16.3. The molecule has 0 aliphatic carbocycles. The number of para-hydroxylation sites is 1. The summed E-state index contributed by atoms with van der Waals surface area (Å²) in [5, 5.41) is 2.32. The van der Waals surface area contributed by atoms with Crippen LogP contribution >= 0.6 is 0 Å². The van der Waals surface area contributed by atoms with Crippen molar-refractivity contribution in [1.82, 2.24) is 4.98 Å². The van der Waals surface area contributed by atoms with Gasteiger partial charge in [0.2, 0.25) is 0 Å². The number of hydrogen-bond donors (Lipinski definition) is 0. The number of pyridine rings is 1. The van der Waals surface area contributed by atoms with Crippen LogP contribution in [0, 0.1) is 0 Å². The van der Waals surface area contributed by atoms with Crippen molar-refractivity contribution in [3.63, 3.8) is 0 Å². The standard InChI is InChI=1S/C30H21NO/c1-2-6-22(7-3-1)30(24-16-18-31-19-17-24)23-12-10-21(11-13-23)25-14-15-27-26-8-4-5-9-28(26)32-29(27)20-25/h1-20,30H. The molecule has 6 rings (SSSR count). The van der Waals surface area contributed by atoms with Crippen LogP contribution in [0.4, 0.5) is 0 Å². The van der Waals surface area contributed by atoms with Crippen LogP contribution in [0.5, 0.6) is 0 Å². The minimum atomic E-state index is 0.172. The number of aromatic nitrogens is 1. The van der Waals surface area contributed by atoms with Gasteiger partial charge in [0, 0.05) is 29.1 Å². The van der Waals surface area contributed by atoms with Crippen molar-refractivity contribution in [2.75, 3.05) is 0 Å². The molecule has 4 aromatic carbocycles. The number of hydrogen-bond acceptors (Lipinski definition) is 2. The lowest BCUT2D eigenvalue weighted by Gasteiger charge is -2.19. The lowest BCUT2D eigenvalue weighted by molar-refractivity contribution is 0.669. The summed E-state index contributed by atoms with van der Waals surface area (Å²) >= 11 is 0. The molecule has 0 spiro atoms. The zero-order chi connectivity index (χ0) is 21.3. The zero-order valence-corrected chi connectivity index (χ0v) is 17.5. The van der Waals surface area contributed by atoms with Gasteiger partial charge in [-0.15, -0.1) is 0 Å². The summed E-state index contributed by atoms with van der Waals surface area (Å²) in [6, 6.07) is 38.4. The summed E-state index contributed by atoms with van der Waals surface area (Å²) in [6.07, 6.45) is 3.73. The summed E-state index contributed by atoms with van der Waals surface area (Å²) in [5.41, 5.74) is 7.96. The zero-order valence-electron chi connectivity index (χ0n) is 17.5. The van der Waals surface area contributed by atoms with Gasteiger partial charge in [-0.2, -0.15) is 0 Å². The third-order valence-electron chi connectivity index (χ3n) is 6.13. The minimum absolute atomic E-state index is 0.172. The molecule has 0 saturated heterocycles. The molecule has 2 heteroatoms. The van der Waals surface area contributed by atoms with Crippen LogP contribution in [-0.2, 0) is 0 Å².